The number of hydrogen-bond donors (Lipinski definition) is 0. The lowest BCUT2D eigenvalue weighted by molar-refractivity contribution is 0.315. The Labute approximate surface area is 108 Å². The summed E-state index contributed by atoms with van der Waals surface area (Å²) in [5.41, 5.74) is 4.51. The first-order chi connectivity index (χ1) is 9.43. The van der Waals surface area contributed by atoms with Crippen LogP contribution in [0.4, 0.5) is 0 Å². The maximum atomic E-state index is 4.82. The van der Waals surface area contributed by atoms with E-state index < -0.39 is 0 Å². The minimum absolute atomic E-state index is 0.755. The van der Waals surface area contributed by atoms with Crippen LogP contribution in [-0.2, 0) is 0 Å². The van der Waals surface area contributed by atoms with Crippen LogP contribution in [0.3, 0.4) is 0 Å². The SMILES string of the molecule is c1cnc2c(-c3cccc4nonc34)cccc2c1. The van der Waals surface area contributed by atoms with Crippen molar-refractivity contribution < 1.29 is 4.63 Å². The molecule has 4 heteroatoms. The second-order valence-electron chi connectivity index (χ2n) is 4.32. The number of aromatic nitrogens is 3. The number of hydrogen-bond acceptors (Lipinski definition) is 4. The van der Waals surface area contributed by atoms with Gasteiger partial charge < -0.3 is 0 Å². The molecule has 2 aromatic heterocycles. The van der Waals surface area contributed by atoms with Gasteiger partial charge in [-0.1, -0.05) is 36.4 Å². The zero-order valence-corrected chi connectivity index (χ0v) is 9.95. The number of benzene rings is 2. The van der Waals surface area contributed by atoms with E-state index in [0.717, 1.165) is 33.1 Å². The summed E-state index contributed by atoms with van der Waals surface area (Å²) in [6.07, 6.45) is 1.80. The summed E-state index contributed by atoms with van der Waals surface area (Å²) >= 11 is 0. The Morgan fingerprint density at radius 2 is 1.53 bits per heavy atom. The van der Waals surface area contributed by atoms with Crippen LogP contribution in [0.2, 0.25) is 0 Å². The molecule has 2 heterocycles. The molecule has 0 radical (unpaired) electrons. The van der Waals surface area contributed by atoms with E-state index in [1.165, 1.54) is 0 Å². The summed E-state index contributed by atoms with van der Waals surface area (Å²) in [6.45, 7) is 0. The fourth-order valence-corrected chi connectivity index (χ4v) is 2.35. The van der Waals surface area contributed by atoms with Gasteiger partial charge in [-0.25, -0.2) is 4.63 Å². The van der Waals surface area contributed by atoms with E-state index in [0.29, 0.717) is 0 Å². The second-order valence-corrected chi connectivity index (χ2v) is 4.32. The lowest BCUT2D eigenvalue weighted by atomic mass is 10.0. The van der Waals surface area contributed by atoms with Gasteiger partial charge in [0.2, 0.25) is 0 Å². The smallest absolute Gasteiger partial charge is 0.143 e. The van der Waals surface area contributed by atoms with Crippen molar-refractivity contribution in [1.82, 2.24) is 15.3 Å². The maximum absolute atomic E-state index is 4.82. The normalized spacial score (nSPS) is 11.2. The molecule has 0 amide bonds. The molecular formula is C15H9N3O. The predicted molar refractivity (Wildman–Crippen MR) is 72.5 cm³/mol. The lowest BCUT2D eigenvalue weighted by Crippen LogP contribution is -1.85. The summed E-state index contributed by atoms with van der Waals surface area (Å²) in [5.74, 6) is 0. The van der Waals surface area contributed by atoms with Gasteiger partial charge in [0.25, 0.3) is 0 Å². The van der Waals surface area contributed by atoms with E-state index in [-0.39, 0.29) is 0 Å². The average molecular weight is 247 g/mol. The number of pyridine rings is 1. The molecule has 4 nitrogen and oxygen atoms in total. The van der Waals surface area contributed by atoms with Crippen LogP contribution in [0.25, 0.3) is 33.1 Å². The number of rotatable bonds is 1. The Kier molecular flexibility index (Phi) is 2.08. The van der Waals surface area contributed by atoms with Crippen molar-refractivity contribution in [3.05, 3.63) is 54.7 Å². The third-order valence-electron chi connectivity index (χ3n) is 3.21. The molecule has 0 atom stereocenters. The molecule has 4 aromatic rings. The third-order valence-corrected chi connectivity index (χ3v) is 3.21. The van der Waals surface area contributed by atoms with Gasteiger partial charge in [0.1, 0.15) is 11.0 Å². The molecule has 0 spiro atoms. The van der Waals surface area contributed by atoms with Gasteiger partial charge in [-0.2, -0.15) is 0 Å². The zero-order chi connectivity index (χ0) is 12.7. The quantitative estimate of drug-likeness (QED) is 0.517. The Morgan fingerprint density at radius 3 is 2.47 bits per heavy atom. The fourth-order valence-electron chi connectivity index (χ4n) is 2.35. The summed E-state index contributed by atoms with van der Waals surface area (Å²) in [7, 11) is 0. The first-order valence-corrected chi connectivity index (χ1v) is 5.99. The van der Waals surface area contributed by atoms with Crippen LogP contribution in [0.1, 0.15) is 0 Å². The van der Waals surface area contributed by atoms with E-state index in [4.69, 9.17) is 4.63 Å². The molecule has 90 valence electrons. The van der Waals surface area contributed by atoms with E-state index in [9.17, 15) is 0 Å². The molecule has 4 rings (SSSR count). The highest BCUT2D eigenvalue weighted by molar-refractivity contribution is 6.01. The third kappa shape index (κ3) is 1.50. The topological polar surface area (TPSA) is 51.8 Å². The first-order valence-electron chi connectivity index (χ1n) is 5.99. The van der Waals surface area contributed by atoms with E-state index in [2.05, 4.69) is 15.3 Å². The maximum Gasteiger partial charge on any atom is 0.143 e. The van der Waals surface area contributed by atoms with Crippen LogP contribution in [-0.4, -0.2) is 15.3 Å². The van der Waals surface area contributed by atoms with Crippen LogP contribution in [0.15, 0.2) is 59.4 Å². The van der Waals surface area contributed by atoms with Gasteiger partial charge in [-0.15, -0.1) is 0 Å². The summed E-state index contributed by atoms with van der Waals surface area (Å²) in [6, 6.07) is 15.9. The molecule has 0 bridgehead atoms. The molecule has 0 N–H and O–H groups in total. The fraction of sp³-hybridized carbons (Fsp3) is 0. The van der Waals surface area contributed by atoms with Crippen molar-refractivity contribution in [1.29, 1.82) is 0 Å². The van der Waals surface area contributed by atoms with Gasteiger partial charge in [-0.3, -0.25) is 4.98 Å². The summed E-state index contributed by atoms with van der Waals surface area (Å²) in [5, 5.41) is 8.97. The zero-order valence-electron chi connectivity index (χ0n) is 9.95. The summed E-state index contributed by atoms with van der Waals surface area (Å²) in [4.78, 5) is 4.47. The Morgan fingerprint density at radius 1 is 0.737 bits per heavy atom. The molecule has 0 aliphatic carbocycles. The van der Waals surface area contributed by atoms with Crippen molar-refractivity contribution in [2.24, 2.45) is 0 Å². The Bertz CT molecular complexity index is 877. The molecular weight excluding hydrogens is 238 g/mol. The number of nitrogens with zero attached hydrogens (tertiary/aromatic N) is 3. The molecule has 0 saturated heterocycles. The van der Waals surface area contributed by atoms with Crippen LogP contribution in [0, 0.1) is 0 Å². The van der Waals surface area contributed by atoms with Gasteiger partial charge in [0, 0.05) is 22.7 Å². The molecule has 0 unspecified atom stereocenters. The molecule has 2 aromatic carbocycles. The minimum atomic E-state index is 0.755. The van der Waals surface area contributed by atoms with Crippen molar-refractivity contribution >= 4 is 21.9 Å². The van der Waals surface area contributed by atoms with Crippen molar-refractivity contribution in [3.63, 3.8) is 0 Å². The van der Waals surface area contributed by atoms with Crippen LogP contribution < -0.4 is 0 Å². The average Bonchev–Trinajstić information content (AvgIpc) is 2.95. The minimum Gasteiger partial charge on any atom is -0.256 e. The Balaban J connectivity index is 2.12. The van der Waals surface area contributed by atoms with Gasteiger partial charge >= 0.3 is 0 Å². The molecule has 0 aliphatic rings. The van der Waals surface area contributed by atoms with Gasteiger partial charge in [-0.05, 0) is 22.4 Å². The van der Waals surface area contributed by atoms with E-state index in [1.54, 1.807) is 6.20 Å². The largest absolute Gasteiger partial charge is 0.256 e. The number of fused-ring (bicyclic) bond motifs is 2. The second kappa shape index (κ2) is 3.88. The van der Waals surface area contributed by atoms with Gasteiger partial charge in [0.05, 0.1) is 5.52 Å². The van der Waals surface area contributed by atoms with E-state index >= 15 is 0 Å². The highest BCUT2D eigenvalue weighted by Crippen LogP contribution is 2.31. The summed E-state index contributed by atoms with van der Waals surface area (Å²) < 4.78 is 4.82. The predicted octanol–water partition coefficient (Wildman–Crippen LogP) is 3.44. The standard InChI is InChI=1S/C15H9N3O/c1-4-10-5-3-9-16-14(10)11(6-1)12-7-2-8-13-15(12)18-19-17-13/h1-9H. The molecule has 19 heavy (non-hydrogen) atoms. The molecule has 0 aliphatic heterocycles. The highest BCUT2D eigenvalue weighted by atomic mass is 16.6. The molecule has 0 saturated carbocycles. The highest BCUT2D eigenvalue weighted by Gasteiger charge is 2.11. The van der Waals surface area contributed by atoms with Gasteiger partial charge in [0.15, 0.2) is 0 Å². The monoisotopic (exact) mass is 247 g/mol. The first kappa shape index (κ1) is 10.2. The van der Waals surface area contributed by atoms with Crippen molar-refractivity contribution in [2.45, 2.75) is 0 Å². The van der Waals surface area contributed by atoms with Crippen molar-refractivity contribution in [2.75, 3.05) is 0 Å². The van der Waals surface area contributed by atoms with Crippen LogP contribution in [0.5, 0.6) is 0 Å². The van der Waals surface area contributed by atoms with Crippen LogP contribution >= 0.6 is 0 Å². The molecule has 0 fully saturated rings. The lowest BCUT2D eigenvalue weighted by Gasteiger charge is -2.05. The van der Waals surface area contributed by atoms with E-state index in [1.807, 2.05) is 48.5 Å². The van der Waals surface area contributed by atoms with Crippen molar-refractivity contribution in [3.8, 4) is 11.1 Å². The Hall–Kier alpha value is -2.75. The number of para-hydroxylation sites is 1.